The third kappa shape index (κ3) is 4.86. The Bertz CT molecular complexity index is 878. The van der Waals surface area contributed by atoms with E-state index in [1.165, 1.54) is 11.8 Å². The van der Waals surface area contributed by atoms with Crippen molar-refractivity contribution in [1.82, 2.24) is 10.2 Å². The van der Waals surface area contributed by atoms with Crippen molar-refractivity contribution >= 4 is 23.4 Å². The summed E-state index contributed by atoms with van der Waals surface area (Å²) < 4.78 is 10.7. The molecule has 3 rings (SSSR count). The van der Waals surface area contributed by atoms with Gasteiger partial charge in [0.25, 0.3) is 5.22 Å². The van der Waals surface area contributed by atoms with Gasteiger partial charge in [0.05, 0.1) is 19.3 Å². The summed E-state index contributed by atoms with van der Waals surface area (Å²) in [6.07, 6.45) is 0.535. The number of aromatic nitrogens is 2. The highest BCUT2D eigenvalue weighted by molar-refractivity contribution is 7.99. The van der Waals surface area contributed by atoms with Crippen molar-refractivity contribution in [2.24, 2.45) is 0 Å². The summed E-state index contributed by atoms with van der Waals surface area (Å²) in [5, 5.41) is 11.3. The summed E-state index contributed by atoms with van der Waals surface area (Å²) in [7, 11) is 1.63. The molecule has 0 bridgehead atoms. The van der Waals surface area contributed by atoms with E-state index in [0.717, 1.165) is 22.6 Å². The van der Waals surface area contributed by atoms with Crippen LogP contribution in [0.3, 0.4) is 0 Å². The van der Waals surface area contributed by atoms with Gasteiger partial charge in [-0.15, -0.1) is 10.2 Å². The number of anilines is 1. The van der Waals surface area contributed by atoms with Crippen LogP contribution < -0.4 is 10.1 Å². The average molecular weight is 369 g/mol. The first-order chi connectivity index (χ1) is 12.6. The molecule has 0 aliphatic rings. The van der Waals surface area contributed by atoms with Gasteiger partial charge in [-0.2, -0.15) is 0 Å². The molecule has 1 heterocycles. The second-order valence-corrected chi connectivity index (χ2v) is 6.56. The molecule has 7 heteroatoms. The third-order valence-electron chi connectivity index (χ3n) is 3.71. The number of para-hydroxylation sites is 1. The topological polar surface area (TPSA) is 77.2 Å². The van der Waals surface area contributed by atoms with Gasteiger partial charge < -0.3 is 14.5 Å². The zero-order valence-electron chi connectivity index (χ0n) is 14.6. The SMILES string of the molecule is COc1ccc(Cc2nnc(SCC(=O)Nc3ccccc3C)o2)cc1. The summed E-state index contributed by atoms with van der Waals surface area (Å²) in [5.41, 5.74) is 2.87. The summed E-state index contributed by atoms with van der Waals surface area (Å²) in [6.45, 7) is 1.95. The number of methoxy groups -OCH3 is 1. The van der Waals surface area contributed by atoms with E-state index in [1.54, 1.807) is 7.11 Å². The fraction of sp³-hybridized carbons (Fsp3) is 0.211. The number of thioether (sulfide) groups is 1. The lowest BCUT2D eigenvalue weighted by atomic mass is 10.1. The van der Waals surface area contributed by atoms with Crippen molar-refractivity contribution in [1.29, 1.82) is 0 Å². The Labute approximate surface area is 156 Å². The molecular weight excluding hydrogens is 350 g/mol. The molecule has 0 spiro atoms. The molecule has 0 atom stereocenters. The number of amides is 1. The van der Waals surface area contributed by atoms with E-state index >= 15 is 0 Å². The van der Waals surface area contributed by atoms with Crippen molar-refractivity contribution in [3.8, 4) is 5.75 Å². The van der Waals surface area contributed by atoms with Crippen LogP contribution in [0.5, 0.6) is 5.75 Å². The fourth-order valence-electron chi connectivity index (χ4n) is 2.31. The number of nitrogens with one attached hydrogen (secondary N) is 1. The maximum absolute atomic E-state index is 12.1. The van der Waals surface area contributed by atoms with E-state index in [0.29, 0.717) is 17.5 Å². The van der Waals surface area contributed by atoms with Crippen molar-refractivity contribution in [3.05, 3.63) is 65.5 Å². The Hall–Kier alpha value is -2.80. The van der Waals surface area contributed by atoms with E-state index in [9.17, 15) is 4.79 Å². The smallest absolute Gasteiger partial charge is 0.277 e. The van der Waals surface area contributed by atoms with Crippen LogP contribution in [-0.2, 0) is 11.2 Å². The van der Waals surface area contributed by atoms with Crippen molar-refractivity contribution < 1.29 is 13.9 Å². The molecule has 0 radical (unpaired) electrons. The molecule has 134 valence electrons. The highest BCUT2D eigenvalue weighted by atomic mass is 32.2. The molecular formula is C19H19N3O3S. The Morgan fingerprint density at radius 3 is 2.65 bits per heavy atom. The van der Waals surface area contributed by atoms with Crippen LogP contribution in [0.15, 0.2) is 58.2 Å². The van der Waals surface area contributed by atoms with Gasteiger partial charge in [-0.3, -0.25) is 4.79 Å². The molecule has 2 aromatic carbocycles. The number of carbonyl (C=O) groups excluding carboxylic acids is 1. The molecule has 0 fully saturated rings. The largest absolute Gasteiger partial charge is 0.497 e. The second-order valence-electron chi connectivity index (χ2n) is 5.64. The normalized spacial score (nSPS) is 10.5. The van der Waals surface area contributed by atoms with Gasteiger partial charge in [-0.1, -0.05) is 42.1 Å². The number of rotatable bonds is 7. The molecule has 0 aliphatic carbocycles. The Morgan fingerprint density at radius 2 is 1.92 bits per heavy atom. The minimum absolute atomic E-state index is 0.112. The quantitative estimate of drug-likeness (QED) is 0.640. The van der Waals surface area contributed by atoms with E-state index < -0.39 is 0 Å². The molecule has 0 aliphatic heterocycles. The Kier molecular flexibility index (Phi) is 5.91. The lowest BCUT2D eigenvalue weighted by molar-refractivity contribution is -0.113. The van der Waals surface area contributed by atoms with Gasteiger partial charge in [-0.05, 0) is 36.2 Å². The molecule has 6 nitrogen and oxygen atoms in total. The van der Waals surface area contributed by atoms with Crippen LogP contribution in [0.4, 0.5) is 5.69 Å². The van der Waals surface area contributed by atoms with Crippen molar-refractivity contribution in [2.45, 2.75) is 18.6 Å². The molecule has 1 amide bonds. The third-order valence-corrected chi connectivity index (χ3v) is 4.53. The van der Waals surface area contributed by atoms with Crippen LogP contribution >= 0.6 is 11.8 Å². The number of carbonyl (C=O) groups is 1. The monoisotopic (exact) mass is 369 g/mol. The summed E-state index contributed by atoms with van der Waals surface area (Å²) in [4.78, 5) is 12.1. The highest BCUT2D eigenvalue weighted by Crippen LogP contribution is 2.20. The molecule has 1 N–H and O–H groups in total. The van der Waals surface area contributed by atoms with Gasteiger partial charge >= 0.3 is 0 Å². The minimum atomic E-state index is -0.112. The van der Waals surface area contributed by atoms with Crippen LogP contribution in [0.1, 0.15) is 17.0 Å². The van der Waals surface area contributed by atoms with E-state index in [1.807, 2.05) is 55.5 Å². The first-order valence-electron chi connectivity index (χ1n) is 8.07. The van der Waals surface area contributed by atoms with Gasteiger partial charge in [-0.25, -0.2) is 0 Å². The van der Waals surface area contributed by atoms with Crippen molar-refractivity contribution in [2.75, 3.05) is 18.2 Å². The lowest BCUT2D eigenvalue weighted by Gasteiger charge is -2.06. The Morgan fingerprint density at radius 1 is 1.15 bits per heavy atom. The van der Waals surface area contributed by atoms with Gasteiger partial charge in [0.15, 0.2) is 0 Å². The number of ether oxygens (including phenoxy) is 1. The first kappa shape index (κ1) is 18.0. The summed E-state index contributed by atoms with van der Waals surface area (Å²) >= 11 is 1.22. The number of hydrogen-bond donors (Lipinski definition) is 1. The molecule has 1 aromatic heterocycles. The first-order valence-corrected chi connectivity index (χ1v) is 9.06. The predicted octanol–water partition coefficient (Wildman–Crippen LogP) is 3.71. The van der Waals surface area contributed by atoms with E-state index in [2.05, 4.69) is 15.5 Å². The highest BCUT2D eigenvalue weighted by Gasteiger charge is 2.11. The van der Waals surface area contributed by atoms with Crippen molar-refractivity contribution in [3.63, 3.8) is 0 Å². The fourth-order valence-corrected chi connectivity index (χ4v) is 2.89. The number of benzene rings is 2. The van der Waals surface area contributed by atoms with Crippen LogP contribution in [-0.4, -0.2) is 29.0 Å². The van der Waals surface area contributed by atoms with Gasteiger partial charge in [0, 0.05) is 5.69 Å². The maximum atomic E-state index is 12.1. The number of aryl methyl sites for hydroxylation is 1. The molecule has 0 saturated heterocycles. The summed E-state index contributed by atoms with van der Waals surface area (Å²) in [6, 6.07) is 15.3. The average Bonchev–Trinajstić information content (AvgIpc) is 3.10. The lowest BCUT2D eigenvalue weighted by Crippen LogP contribution is -2.14. The predicted molar refractivity (Wildman–Crippen MR) is 101 cm³/mol. The molecule has 26 heavy (non-hydrogen) atoms. The standard InChI is InChI=1S/C19H19N3O3S/c1-13-5-3-4-6-16(13)20-17(23)12-26-19-22-21-18(25-19)11-14-7-9-15(24-2)10-8-14/h3-10H,11-12H2,1-2H3,(H,20,23). The number of hydrogen-bond acceptors (Lipinski definition) is 6. The maximum Gasteiger partial charge on any atom is 0.277 e. The van der Waals surface area contributed by atoms with Crippen LogP contribution in [0.2, 0.25) is 0 Å². The summed E-state index contributed by atoms with van der Waals surface area (Å²) in [5.74, 6) is 1.41. The zero-order chi connectivity index (χ0) is 18.4. The van der Waals surface area contributed by atoms with E-state index in [-0.39, 0.29) is 11.7 Å². The second kappa shape index (κ2) is 8.53. The van der Waals surface area contributed by atoms with Gasteiger partial charge in [0.1, 0.15) is 5.75 Å². The van der Waals surface area contributed by atoms with E-state index in [4.69, 9.17) is 9.15 Å². The van der Waals surface area contributed by atoms with Crippen LogP contribution in [0.25, 0.3) is 0 Å². The molecule has 3 aromatic rings. The molecule has 0 saturated carbocycles. The van der Waals surface area contributed by atoms with Crippen LogP contribution in [0, 0.1) is 6.92 Å². The number of nitrogens with zero attached hydrogens (tertiary/aromatic N) is 2. The molecule has 0 unspecified atom stereocenters. The minimum Gasteiger partial charge on any atom is -0.497 e. The van der Waals surface area contributed by atoms with Gasteiger partial charge in [0.2, 0.25) is 11.8 Å². The zero-order valence-corrected chi connectivity index (χ0v) is 15.4. The Balaban J connectivity index is 1.51.